The van der Waals surface area contributed by atoms with Crippen molar-refractivity contribution in [2.24, 2.45) is 0 Å². The van der Waals surface area contributed by atoms with Crippen LogP contribution in [-0.2, 0) is 11.3 Å². The molecule has 5 heteroatoms. The van der Waals surface area contributed by atoms with E-state index in [0.29, 0.717) is 31.0 Å². The first-order valence-electron chi connectivity index (χ1n) is 6.17. The predicted molar refractivity (Wildman–Crippen MR) is 66.1 cm³/mol. The molecule has 0 saturated carbocycles. The van der Waals surface area contributed by atoms with Crippen LogP contribution in [0.25, 0.3) is 0 Å². The third-order valence-electron chi connectivity index (χ3n) is 2.97. The van der Waals surface area contributed by atoms with Crippen LogP contribution in [0.5, 0.6) is 0 Å². The number of carbonyl (C=O) groups is 1. The second kappa shape index (κ2) is 5.93. The topological polar surface area (TPSA) is 62.7 Å². The summed E-state index contributed by atoms with van der Waals surface area (Å²) in [6.07, 6.45) is 2.45. The Morgan fingerprint density at radius 1 is 1.67 bits per heavy atom. The quantitative estimate of drug-likeness (QED) is 0.844. The molecule has 1 atom stereocenters. The standard InChI is InChI=1S/C13H18N2O3/c1-10-8-15(5-2-6-18-10)13(17)12-7-11(9-16)3-4-14-12/h3-4,7,10,16H,2,5-6,8-9H2,1H3/t10-/m0/s1. The minimum atomic E-state index is -0.0948. The first kappa shape index (κ1) is 13.0. The van der Waals surface area contributed by atoms with Crippen LogP contribution in [0.1, 0.15) is 29.4 Å². The van der Waals surface area contributed by atoms with Crippen LogP contribution < -0.4 is 0 Å². The molecular weight excluding hydrogens is 232 g/mol. The van der Waals surface area contributed by atoms with Crippen LogP contribution in [0.2, 0.25) is 0 Å². The van der Waals surface area contributed by atoms with Crippen LogP contribution in [-0.4, -0.2) is 46.7 Å². The second-order valence-electron chi connectivity index (χ2n) is 4.49. The summed E-state index contributed by atoms with van der Waals surface area (Å²) in [5.41, 5.74) is 1.09. The van der Waals surface area contributed by atoms with E-state index in [1.54, 1.807) is 23.2 Å². The first-order valence-corrected chi connectivity index (χ1v) is 6.17. The highest BCUT2D eigenvalue weighted by Crippen LogP contribution is 2.10. The zero-order chi connectivity index (χ0) is 13.0. The fraction of sp³-hybridized carbons (Fsp3) is 0.538. The lowest BCUT2D eigenvalue weighted by Gasteiger charge is -2.21. The van der Waals surface area contributed by atoms with Crippen molar-refractivity contribution >= 4 is 5.91 Å². The van der Waals surface area contributed by atoms with Gasteiger partial charge in [0.2, 0.25) is 0 Å². The number of pyridine rings is 1. The van der Waals surface area contributed by atoms with Gasteiger partial charge in [0, 0.05) is 25.9 Å². The Morgan fingerprint density at radius 2 is 2.50 bits per heavy atom. The van der Waals surface area contributed by atoms with Crippen molar-refractivity contribution in [2.45, 2.75) is 26.1 Å². The van der Waals surface area contributed by atoms with Crippen molar-refractivity contribution in [3.63, 3.8) is 0 Å². The van der Waals surface area contributed by atoms with E-state index in [1.165, 1.54) is 0 Å². The Morgan fingerprint density at radius 3 is 3.28 bits per heavy atom. The van der Waals surface area contributed by atoms with Gasteiger partial charge in [0.1, 0.15) is 5.69 Å². The van der Waals surface area contributed by atoms with Gasteiger partial charge in [0.25, 0.3) is 5.91 Å². The summed E-state index contributed by atoms with van der Waals surface area (Å²) < 4.78 is 5.51. The molecule has 0 spiro atoms. The molecule has 1 saturated heterocycles. The van der Waals surface area contributed by atoms with E-state index in [0.717, 1.165) is 6.42 Å². The van der Waals surface area contributed by atoms with Gasteiger partial charge in [-0.2, -0.15) is 0 Å². The van der Waals surface area contributed by atoms with E-state index in [9.17, 15) is 4.79 Å². The maximum absolute atomic E-state index is 12.3. The summed E-state index contributed by atoms with van der Waals surface area (Å²) >= 11 is 0. The molecule has 1 fully saturated rings. The van der Waals surface area contributed by atoms with Crippen molar-refractivity contribution in [2.75, 3.05) is 19.7 Å². The Bertz CT molecular complexity index is 422. The number of aliphatic hydroxyl groups excluding tert-OH is 1. The number of hydrogen-bond acceptors (Lipinski definition) is 4. The Labute approximate surface area is 106 Å². The van der Waals surface area contributed by atoms with E-state index in [1.807, 2.05) is 6.92 Å². The van der Waals surface area contributed by atoms with Crippen molar-refractivity contribution in [3.8, 4) is 0 Å². The molecular formula is C13H18N2O3. The first-order chi connectivity index (χ1) is 8.70. The van der Waals surface area contributed by atoms with Crippen LogP contribution in [0.3, 0.4) is 0 Å². The molecule has 1 aromatic rings. The van der Waals surface area contributed by atoms with Gasteiger partial charge in [-0.15, -0.1) is 0 Å². The summed E-state index contributed by atoms with van der Waals surface area (Å²) in [5.74, 6) is -0.0948. The molecule has 98 valence electrons. The van der Waals surface area contributed by atoms with Crippen molar-refractivity contribution in [3.05, 3.63) is 29.6 Å². The van der Waals surface area contributed by atoms with E-state index in [2.05, 4.69) is 4.98 Å². The number of amides is 1. The van der Waals surface area contributed by atoms with Crippen molar-refractivity contribution < 1.29 is 14.6 Å². The molecule has 18 heavy (non-hydrogen) atoms. The van der Waals surface area contributed by atoms with Gasteiger partial charge in [0.05, 0.1) is 12.7 Å². The molecule has 1 aromatic heterocycles. The Hall–Kier alpha value is -1.46. The Kier molecular flexibility index (Phi) is 4.28. The molecule has 5 nitrogen and oxygen atoms in total. The molecule has 1 aliphatic rings. The minimum absolute atomic E-state index is 0.0532. The molecule has 0 unspecified atom stereocenters. The van der Waals surface area contributed by atoms with Gasteiger partial charge >= 0.3 is 0 Å². The zero-order valence-electron chi connectivity index (χ0n) is 10.5. The van der Waals surface area contributed by atoms with Crippen LogP contribution in [0.15, 0.2) is 18.3 Å². The maximum atomic E-state index is 12.3. The summed E-state index contributed by atoms with van der Waals surface area (Å²) in [5, 5.41) is 9.07. The molecule has 1 N–H and O–H groups in total. The molecule has 1 aliphatic heterocycles. The highest BCUT2D eigenvalue weighted by atomic mass is 16.5. The monoisotopic (exact) mass is 250 g/mol. The van der Waals surface area contributed by atoms with Gasteiger partial charge in [-0.25, -0.2) is 0 Å². The smallest absolute Gasteiger partial charge is 0.272 e. The highest BCUT2D eigenvalue weighted by Gasteiger charge is 2.21. The van der Waals surface area contributed by atoms with Crippen LogP contribution in [0, 0.1) is 0 Å². The zero-order valence-corrected chi connectivity index (χ0v) is 10.5. The summed E-state index contributed by atoms with van der Waals surface area (Å²) in [7, 11) is 0. The maximum Gasteiger partial charge on any atom is 0.272 e. The number of nitrogens with zero attached hydrogens (tertiary/aromatic N) is 2. The fourth-order valence-corrected chi connectivity index (χ4v) is 2.03. The van der Waals surface area contributed by atoms with E-state index < -0.39 is 0 Å². The Balaban J connectivity index is 2.13. The van der Waals surface area contributed by atoms with Gasteiger partial charge < -0.3 is 14.7 Å². The summed E-state index contributed by atoms with van der Waals surface area (Å²) in [6, 6.07) is 3.34. The predicted octanol–water partition coefficient (Wildman–Crippen LogP) is 0.825. The average molecular weight is 250 g/mol. The van der Waals surface area contributed by atoms with Gasteiger partial charge in [0.15, 0.2) is 0 Å². The molecule has 2 rings (SSSR count). The largest absolute Gasteiger partial charge is 0.392 e. The number of aromatic nitrogens is 1. The lowest BCUT2D eigenvalue weighted by Crippen LogP contribution is -2.36. The minimum Gasteiger partial charge on any atom is -0.392 e. The van der Waals surface area contributed by atoms with Gasteiger partial charge in [-0.05, 0) is 31.0 Å². The lowest BCUT2D eigenvalue weighted by molar-refractivity contribution is 0.0559. The SMILES string of the molecule is C[C@H]1CN(C(=O)c2cc(CO)ccn2)CCCO1. The van der Waals surface area contributed by atoms with E-state index in [-0.39, 0.29) is 18.6 Å². The molecule has 1 amide bonds. The van der Waals surface area contributed by atoms with Crippen LogP contribution >= 0.6 is 0 Å². The number of ether oxygens (including phenoxy) is 1. The molecule has 0 bridgehead atoms. The van der Waals surface area contributed by atoms with Gasteiger partial charge in [-0.1, -0.05) is 0 Å². The van der Waals surface area contributed by atoms with Crippen molar-refractivity contribution in [1.29, 1.82) is 0 Å². The van der Waals surface area contributed by atoms with Crippen molar-refractivity contribution in [1.82, 2.24) is 9.88 Å². The summed E-state index contributed by atoms with van der Waals surface area (Å²) in [6.45, 7) is 3.85. The highest BCUT2D eigenvalue weighted by molar-refractivity contribution is 5.92. The van der Waals surface area contributed by atoms with E-state index >= 15 is 0 Å². The average Bonchev–Trinajstić information content (AvgIpc) is 2.62. The molecule has 0 radical (unpaired) electrons. The lowest BCUT2D eigenvalue weighted by atomic mass is 10.2. The van der Waals surface area contributed by atoms with Crippen LogP contribution in [0.4, 0.5) is 0 Å². The molecule has 2 heterocycles. The number of hydrogen-bond donors (Lipinski definition) is 1. The summed E-state index contributed by atoms with van der Waals surface area (Å²) in [4.78, 5) is 18.1. The molecule has 0 aliphatic carbocycles. The number of carbonyl (C=O) groups excluding carboxylic acids is 1. The number of aliphatic hydroxyl groups is 1. The van der Waals surface area contributed by atoms with Gasteiger partial charge in [-0.3, -0.25) is 9.78 Å². The fourth-order valence-electron chi connectivity index (χ4n) is 2.03. The third-order valence-corrected chi connectivity index (χ3v) is 2.97. The normalized spacial score (nSPS) is 20.6. The molecule has 0 aromatic carbocycles. The van der Waals surface area contributed by atoms with E-state index in [4.69, 9.17) is 9.84 Å². The third kappa shape index (κ3) is 3.05. The second-order valence-corrected chi connectivity index (χ2v) is 4.49. The number of rotatable bonds is 2.